The van der Waals surface area contributed by atoms with Crippen LogP contribution < -0.4 is 15.0 Å². The van der Waals surface area contributed by atoms with Crippen molar-refractivity contribution in [3.05, 3.63) is 88.4 Å². The third-order valence-corrected chi connectivity index (χ3v) is 6.39. The number of amides is 2. The average molecular weight is 512 g/mol. The molecule has 1 N–H and O–H groups in total. The molecule has 6 nitrogen and oxygen atoms in total. The molecule has 0 unspecified atom stereocenters. The summed E-state index contributed by atoms with van der Waals surface area (Å²) in [5.41, 5.74) is 1.12. The first kappa shape index (κ1) is 24.9. The molecular weight excluding hydrogens is 485 g/mol. The van der Waals surface area contributed by atoms with Crippen molar-refractivity contribution in [1.82, 2.24) is 4.90 Å². The van der Waals surface area contributed by atoms with Gasteiger partial charge in [-0.05, 0) is 74.5 Å². The van der Waals surface area contributed by atoms with Crippen molar-refractivity contribution in [2.75, 3.05) is 36.4 Å². The van der Waals surface area contributed by atoms with Crippen molar-refractivity contribution in [3.8, 4) is 5.75 Å². The summed E-state index contributed by atoms with van der Waals surface area (Å²) in [5.74, 6) is 0.282. The van der Waals surface area contributed by atoms with Gasteiger partial charge in [0.2, 0.25) is 0 Å². The Labute approximate surface area is 215 Å². The largest absolute Gasteiger partial charge is 0.478 e. The number of carbonyl (C=O) groups excluding carboxylic acids is 2. The van der Waals surface area contributed by atoms with Crippen LogP contribution in [-0.4, -0.2) is 48.5 Å². The number of hydrogen-bond acceptors (Lipinski definition) is 4. The molecule has 1 heterocycles. The van der Waals surface area contributed by atoms with E-state index in [-0.39, 0.29) is 11.8 Å². The molecule has 35 heavy (non-hydrogen) atoms. The van der Waals surface area contributed by atoms with Crippen LogP contribution in [0.25, 0.3) is 0 Å². The number of ether oxygens (including phenoxy) is 1. The summed E-state index contributed by atoms with van der Waals surface area (Å²) >= 11 is 11.9. The van der Waals surface area contributed by atoms with Gasteiger partial charge < -0.3 is 19.9 Å². The predicted molar refractivity (Wildman–Crippen MR) is 141 cm³/mol. The van der Waals surface area contributed by atoms with E-state index in [9.17, 15) is 9.59 Å². The third kappa shape index (κ3) is 6.08. The van der Waals surface area contributed by atoms with Gasteiger partial charge in [0, 0.05) is 41.8 Å². The Morgan fingerprint density at radius 1 is 0.829 bits per heavy atom. The lowest BCUT2D eigenvalue weighted by molar-refractivity contribution is -0.128. The van der Waals surface area contributed by atoms with Crippen molar-refractivity contribution >= 4 is 46.4 Å². The van der Waals surface area contributed by atoms with E-state index in [4.69, 9.17) is 27.9 Å². The van der Waals surface area contributed by atoms with Gasteiger partial charge in [0.15, 0.2) is 5.60 Å². The number of halogens is 2. The molecule has 1 aliphatic heterocycles. The molecule has 3 aromatic rings. The number of nitrogens with zero attached hydrogens (tertiary/aromatic N) is 2. The van der Waals surface area contributed by atoms with Crippen molar-refractivity contribution in [1.29, 1.82) is 0 Å². The van der Waals surface area contributed by atoms with Gasteiger partial charge >= 0.3 is 0 Å². The number of anilines is 2. The number of rotatable bonds is 6. The first-order chi connectivity index (χ1) is 16.7. The van der Waals surface area contributed by atoms with Gasteiger partial charge in [-0.15, -0.1) is 0 Å². The van der Waals surface area contributed by atoms with E-state index in [1.807, 2.05) is 29.2 Å². The van der Waals surface area contributed by atoms with E-state index in [0.29, 0.717) is 53.2 Å². The summed E-state index contributed by atoms with van der Waals surface area (Å²) in [5, 5.41) is 4.22. The van der Waals surface area contributed by atoms with Crippen molar-refractivity contribution in [2.45, 2.75) is 19.4 Å². The Morgan fingerprint density at radius 2 is 1.40 bits per heavy atom. The predicted octanol–water partition coefficient (Wildman–Crippen LogP) is 5.75. The molecule has 0 bridgehead atoms. The molecule has 8 heteroatoms. The maximum absolute atomic E-state index is 13.1. The van der Waals surface area contributed by atoms with Crippen LogP contribution in [0.2, 0.25) is 10.0 Å². The Hall–Kier alpha value is -3.22. The number of benzene rings is 3. The van der Waals surface area contributed by atoms with Gasteiger partial charge in [-0.25, -0.2) is 0 Å². The Bertz CT molecular complexity index is 1190. The number of hydrogen-bond donors (Lipinski definition) is 1. The molecule has 1 saturated heterocycles. The SMILES string of the molecule is CC(C)(Oc1ccc(Cl)cc1)C(=O)Nc1ccccc1N1CCN(C(=O)c2ccc(Cl)cc2)CC1. The maximum Gasteiger partial charge on any atom is 0.268 e. The molecule has 182 valence electrons. The minimum atomic E-state index is -1.11. The quantitative estimate of drug-likeness (QED) is 0.457. The molecule has 0 spiro atoms. The fourth-order valence-electron chi connectivity index (χ4n) is 3.90. The first-order valence-electron chi connectivity index (χ1n) is 11.4. The van der Waals surface area contributed by atoms with Crippen LogP contribution >= 0.6 is 23.2 Å². The number of piperazine rings is 1. The second-order valence-electron chi connectivity index (χ2n) is 8.82. The molecule has 0 saturated carbocycles. The molecule has 4 rings (SSSR count). The number of nitrogens with one attached hydrogen (secondary N) is 1. The van der Waals surface area contributed by atoms with Gasteiger partial charge in [-0.1, -0.05) is 35.3 Å². The lowest BCUT2D eigenvalue weighted by atomic mass is 10.1. The zero-order chi connectivity index (χ0) is 25.0. The van der Waals surface area contributed by atoms with E-state index in [1.165, 1.54) is 0 Å². The fraction of sp³-hybridized carbons (Fsp3) is 0.259. The highest BCUT2D eigenvalue weighted by Crippen LogP contribution is 2.29. The normalized spacial score (nSPS) is 13.9. The van der Waals surface area contributed by atoms with E-state index in [0.717, 1.165) is 5.69 Å². The summed E-state index contributed by atoms with van der Waals surface area (Å²) in [6.45, 7) is 5.90. The smallest absolute Gasteiger partial charge is 0.268 e. The van der Waals surface area contributed by atoms with E-state index in [2.05, 4.69) is 10.2 Å². The van der Waals surface area contributed by atoms with Crippen molar-refractivity contribution < 1.29 is 14.3 Å². The van der Waals surface area contributed by atoms with E-state index in [1.54, 1.807) is 62.4 Å². The summed E-state index contributed by atoms with van der Waals surface area (Å²) in [4.78, 5) is 30.0. The summed E-state index contributed by atoms with van der Waals surface area (Å²) in [6.07, 6.45) is 0. The minimum absolute atomic E-state index is 0.0102. The summed E-state index contributed by atoms with van der Waals surface area (Å²) < 4.78 is 5.93. The van der Waals surface area contributed by atoms with Crippen LogP contribution in [0.3, 0.4) is 0 Å². The zero-order valence-corrected chi connectivity index (χ0v) is 21.1. The van der Waals surface area contributed by atoms with E-state index < -0.39 is 5.60 Å². The molecule has 1 aliphatic rings. The number of carbonyl (C=O) groups is 2. The Balaban J connectivity index is 1.41. The first-order valence-corrected chi connectivity index (χ1v) is 12.1. The van der Waals surface area contributed by atoms with Gasteiger partial charge in [-0.2, -0.15) is 0 Å². The lowest BCUT2D eigenvalue weighted by Crippen LogP contribution is -2.49. The van der Waals surface area contributed by atoms with Crippen LogP contribution in [0.1, 0.15) is 24.2 Å². The average Bonchev–Trinajstić information content (AvgIpc) is 2.86. The van der Waals surface area contributed by atoms with Gasteiger partial charge in [0.05, 0.1) is 11.4 Å². The highest BCUT2D eigenvalue weighted by Gasteiger charge is 2.31. The summed E-state index contributed by atoms with van der Waals surface area (Å²) in [6, 6.07) is 21.5. The van der Waals surface area contributed by atoms with Crippen molar-refractivity contribution in [2.24, 2.45) is 0 Å². The Morgan fingerprint density at radius 3 is 2.03 bits per heavy atom. The third-order valence-electron chi connectivity index (χ3n) is 5.88. The van der Waals surface area contributed by atoms with Crippen LogP contribution in [0.4, 0.5) is 11.4 Å². The molecule has 0 aromatic heterocycles. The molecule has 0 aliphatic carbocycles. The molecule has 0 radical (unpaired) electrons. The molecular formula is C27H27Cl2N3O3. The fourth-order valence-corrected chi connectivity index (χ4v) is 4.15. The van der Waals surface area contributed by atoms with Crippen LogP contribution in [-0.2, 0) is 4.79 Å². The topological polar surface area (TPSA) is 61.9 Å². The standard InChI is InChI=1S/C27H27Cl2N3O3/c1-27(2,35-22-13-11-21(29)12-14-22)26(34)30-23-5-3-4-6-24(23)31-15-17-32(18-16-31)25(33)19-7-9-20(28)10-8-19/h3-14H,15-18H2,1-2H3,(H,30,34). The van der Waals surface area contributed by atoms with Crippen LogP contribution in [0.15, 0.2) is 72.8 Å². The second-order valence-corrected chi connectivity index (χ2v) is 9.70. The summed E-state index contributed by atoms with van der Waals surface area (Å²) in [7, 11) is 0. The number of para-hydroxylation sites is 2. The monoisotopic (exact) mass is 511 g/mol. The van der Waals surface area contributed by atoms with Gasteiger partial charge in [-0.3, -0.25) is 9.59 Å². The molecule has 1 fully saturated rings. The van der Waals surface area contributed by atoms with Gasteiger partial charge in [0.25, 0.3) is 11.8 Å². The molecule has 0 atom stereocenters. The van der Waals surface area contributed by atoms with Crippen molar-refractivity contribution in [3.63, 3.8) is 0 Å². The Kier molecular flexibility index (Phi) is 7.53. The van der Waals surface area contributed by atoms with Crippen LogP contribution in [0.5, 0.6) is 5.75 Å². The van der Waals surface area contributed by atoms with Gasteiger partial charge in [0.1, 0.15) is 5.75 Å². The zero-order valence-electron chi connectivity index (χ0n) is 19.6. The molecule has 2 amide bonds. The lowest BCUT2D eigenvalue weighted by Gasteiger charge is -2.37. The van der Waals surface area contributed by atoms with Crippen LogP contribution in [0, 0.1) is 0 Å². The molecule has 3 aromatic carbocycles. The highest BCUT2D eigenvalue weighted by molar-refractivity contribution is 6.30. The highest BCUT2D eigenvalue weighted by atomic mass is 35.5. The van der Waals surface area contributed by atoms with E-state index >= 15 is 0 Å². The minimum Gasteiger partial charge on any atom is -0.478 e. The second kappa shape index (κ2) is 10.6. The maximum atomic E-state index is 13.1.